The van der Waals surface area contributed by atoms with Crippen LogP contribution in [-0.4, -0.2) is 30.9 Å². The van der Waals surface area contributed by atoms with Crippen molar-refractivity contribution < 1.29 is 9.90 Å². The van der Waals surface area contributed by atoms with Crippen molar-refractivity contribution in [1.82, 2.24) is 0 Å². The Morgan fingerprint density at radius 1 is 1.30 bits per heavy atom. The van der Waals surface area contributed by atoms with Crippen molar-refractivity contribution in [3.63, 3.8) is 0 Å². The topological polar surface area (TPSA) is 90.4 Å². The second kappa shape index (κ2) is 8.71. The molecule has 0 fully saturated rings. The molecule has 27 heavy (non-hydrogen) atoms. The fraction of sp³-hybridized carbons (Fsp3) is 0.364. The molecule has 0 atom stereocenters. The van der Waals surface area contributed by atoms with E-state index in [-0.39, 0.29) is 6.42 Å². The van der Waals surface area contributed by atoms with Crippen LogP contribution < -0.4 is 10.6 Å². The summed E-state index contributed by atoms with van der Waals surface area (Å²) in [5.74, 6) is -0.283. The zero-order valence-corrected chi connectivity index (χ0v) is 16.5. The number of aliphatic carboxylic acids is 1. The van der Waals surface area contributed by atoms with Crippen molar-refractivity contribution >= 4 is 23.6 Å². The number of carboxylic acid groups (broad SMARTS) is 1. The van der Waals surface area contributed by atoms with Crippen LogP contribution in [-0.2, 0) is 11.2 Å². The first-order valence-electron chi connectivity index (χ1n) is 9.19. The quantitative estimate of drug-likeness (QED) is 0.478. The fourth-order valence-electron chi connectivity index (χ4n) is 3.31. The maximum absolute atomic E-state index is 11.0. The molecule has 2 aromatic carbocycles. The molecule has 0 aromatic heterocycles. The fourth-order valence-corrected chi connectivity index (χ4v) is 3.31. The van der Waals surface area contributed by atoms with Crippen LogP contribution in [0.5, 0.6) is 0 Å². The standard InChI is InChI=1S/C22H29N3O2/c1-14(2)13-25(4)21-9-15(3)16(6-8-22(26)27)11-19(21)17-5-7-20(24)18(10-17)12-23/h5,7,9-12,14,23H,6,8,13,24H2,1-4H3,(H,26,27). The van der Waals surface area contributed by atoms with Gasteiger partial charge in [0.15, 0.2) is 0 Å². The minimum absolute atomic E-state index is 0.106. The van der Waals surface area contributed by atoms with E-state index in [2.05, 4.69) is 37.9 Å². The molecule has 0 saturated carbocycles. The van der Waals surface area contributed by atoms with Crippen LogP contribution in [0.3, 0.4) is 0 Å². The van der Waals surface area contributed by atoms with E-state index < -0.39 is 5.97 Å². The van der Waals surface area contributed by atoms with E-state index in [1.54, 1.807) is 0 Å². The number of nitrogens with one attached hydrogen (secondary N) is 1. The summed E-state index contributed by atoms with van der Waals surface area (Å²) in [6.07, 6.45) is 1.86. The SMILES string of the molecule is Cc1cc(N(C)CC(C)C)c(-c2ccc(N)c(C=N)c2)cc1CCC(=O)O. The molecule has 5 nitrogen and oxygen atoms in total. The molecule has 0 aliphatic heterocycles. The predicted molar refractivity (Wildman–Crippen MR) is 113 cm³/mol. The first kappa shape index (κ1) is 20.5. The Balaban J connectivity index is 2.60. The molecule has 4 N–H and O–H groups in total. The number of benzene rings is 2. The van der Waals surface area contributed by atoms with Crippen molar-refractivity contribution in [2.24, 2.45) is 5.92 Å². The molecule has 0 spiro atoms. The lowest BCUT2D eigenvalue weighted by Crippen LogP contribution is -2.23. The molecule has 0 radical (unpaired) electrons. The lowest BCUT2D eigenvalue weighted by atomic mass is 9.93. The second-order valence-corrected chi connectivity index (χ2v) is 7.45. The number of aryl methyl sites for hydroxylation is 2. The maximum atomic E-state index is 11.0. The molecule has 0 bridgehead atoms. The van der Waals surface area contributed by atoms with Gasteiger partial charge < -0.3 is 21.1 Å². The summed E-state index contributed by atoms with van der Waals surface area (Å²) in [4.78, 5) is 13.2. The third kappa shape index (κ3) is 5.09. The van der Waals surface area contributed by atoms with Crippen molar-refractivity contribution in [1.29, 1.82) is 5.41 Å². The second-order valence-electron chi connectivity index (χ2n) is 7.45. The predicted octanol–water partition coefficient (Wildman–Crippen LogP) is 4.35. The summed E-state index contributed by atoms with van der Waals surface area (Å²) in [6, 6.07) is 9.92. The number of anilines is 2. The van der Waals surface area contributed by atoms with Crippen LogP contribution >= 0.6 is 0 Å². The van der Waals surface area contributed by atoms with Crippen LogP contribution in [0.25, 0.3) is 11.1 Å². The van der Waals surface area contributed by atoms with Crippen LogP contribution in [0, 0.1) is 18.3 Å². The Labute approximate surface area is 161 Å². The highest BCUT2D eigenvalue weighted by Crippen LogP contribution is 2.35. The van der Waals surface area contributed by atoms with Crippen molar-refractivity contribution in [3.05, 3.63) is 47.0 Å². The average Bonchev–Trinajstić information content (AvgIpc) is 2.60. The minimum Gasteiger partial charge on any atom is -0.481 e. The molecule has 2 rings (SSSR count). The van der Waals surface area contributed by atoms with Gasteiger partial charge in [-0.25, -0.2) is 0 Å². The van der Waals surface area contributed by atoms with Crippen LogP contribution in [0.15, 0.2) is 30.3 Å². The summed E-state index contributed by atoms with van der Waals surface area (Å²) in [5.41, 5.74) is 12.4. The van der Waals surface area contributed by atoms with Gasteiger partial charge in [0.2, 0.25) is 0 Å². The van der Waals surface area contributed by atoms with E-state index in [4.69, 9.17) is 16.2 Å². The number of hydrogen-bond donors (Lipinski definition) is 3. The van der Waals surface area contributed by atoms with Crippen molar-refractivity contribution in [2.45, 2.75) is 33.6 Å². The zero-order chi connectivity index (χ0) is 20.1. The zero-order valence-electron chi connectivity index (χ0n) is 16.5. The minimum atomic E-state index is -0.796. The smallest absolute Gasteiger partial charge is 0.303 e. The average molecular weight is 367 g/mol. The summed E-state index contributed by atoms with van der Waals surface area (Å²) in [7, 11) is 2.07. The first-order valence-corrected chi connectivity index (χ1v) is 9.19. The molecular weight excluding hydrogens is 338 g/mol. The molecule has 0 heterocycles. The Bertz CT molecular complexity index is 844. The Hall–Kier alpha value is -2.82. The van der Waals surface area contributed by atoms with Gasteiger partial charge in [-0.2, -0.15) is 0 Å². The van der Waals surface area contributed by atoms with E-state index in [9.17, 15) is 4.79 Å². The molecular formula is C22H29N3O2. The van der Waals surface area contributed by atoms with Gasteiger partial charge in [0.25, 0.3) is 0 Å². The number of nitrogens with two attached hydrogens (primary N) is 1. The molecule has 5 heteroatoms. The highest BCUT2D eigenvalue weighted by atomic mass is 16.4. The normalized spacial score (nSPS) is 10.9. The lowest BCUT2D eigenvalue weighted by molar-refractivity contribution is -0.136. The van der Waals surface area contributed by atoms with Crippen LogP contribution in [0.2, 0.25) is 0 Å². The lowest BCUT2D eigenvalue weighted by Gasteiger charge is -2.26. The Morgan fingerprint density at radius 3 is 2.59 bits per heavy atom. The number of hydrogen-bond acceptors (Lipinski definition) is 4. The molecule has 0 aliphatic carbocycles. The van der Waals surface area contributed by atoms with Gasteiger partial charge in [-0.3, -0.25) is 4.79 Å². The van der Waals surface area contributed by atoms with Gasteiger partial charge in [-0.05, 0) is 60.2 Å². The van der Waals surface area contributed by atoms with Crippen LogP contribution in [0.1, 0.15) is 37.0 Å². The molecule has 0 unspecified atom stereocenters. The monoisotopic (exact) mass is 367 g/mol. The van der Waals surface area contributed by atoms with Crippen LogP contribution in [0.4, 0.5) is 11.4 Å². The highest BCUT2D eigenvalue weighted by Gasteiger charge is 2.15. The van der Waals surface area contributed by atoms with Gasteiger partial charge in [0, 0.05) is 48.7 Å². The summed E-state index contributed by atoms with van der Waals surface area (Å²) < 4.78 is 0. The van der Waals surface area contributed by atoms with Gasteiger partial charge in [0.1, 0.15) is 0 Å². The maximum Gasteiger partial charge on any atom is 0.303 e. The Morgan fingerprint density at radius 2 is 2.00 bits per heavy atom. The summed E-state index contributed by atoms with van der Waals surface area (Å²) in [5, 5.41) is 16.6. The van der Waals surface area contributed by atoms with E-state index in [1.807, 2.05) is 25.1 Å². The molecule has 144 valence electrons. The van der Waals surface area contributed by atoms with E-state index in [1.165, 1.54) is 6.21 Å². The highest BCUT2D eigenvalue weighted by molar-refractivity contribution is 5.90. The van der Waals surface area contributed by atoms with E-state index >= 15 is 0 Å². The van der Waals surface area contributed by atoms with E-state index in [0.717, 1.165) is 34.5 Å². The third-order valence-electron chi connectivity index (χ3n) is 4.67. The summed E-state index contributed by atoms with van der Waals surface area (Å²) >= 11 is 0. The number of carboxylic acids is 1. The number of nitrogens with zero attached hydrogens (tertiary/aromatic N) is 1. The number of carbonyl (C=O) groups is 1. The first-order chi connectivity index (χ1) is 12.7. The third-order valence-corrected chi connectivity index (χ3v) is 4.67. The van der Waals surface area contributed by atoms with Gasteiger partial charge >= 0.3 is 5.97 Å². The van der Waals surface area contributed by atoms with Crippen molar-refractivity contribution in [2.75, 3.05) is 24.2 Å². The van der Waals surface area contributed by atoms with Gasteiger partial charge in [0.05, 0.1) is 0 Å². The molecule has 2 aromatic rings. The van der Waals surface area contributed by atoms with Gasteiger partial charge in [-0.15, -0.1) is 0 Å². The molecule has 0 aliphatic rings. The van der Waals surface area contributed by atoms with Crippen molar-refractivity contribution in [3.8, 4) is 11.1 Å². The Kier molecular flexibility index (Phi) is 6.61. The van der Waals surface area contributed by atoms with Gasteiger partial charge in [-0.1, -0.05) is 19.9 Å². The summed E-state index contributed by atoms with van der Waals surface area (Å²) in [6.45, 7) is 7.30. The number of nitrogen functional groups attached to an aromatic ring is 1. The van der Waals surface area contributed by atoms with E-state index in [0.29, 0.717) is 23.6 Å². The number of rotatable bonds is 8. The molecule has 0 saturated heterocycles. The largest absolute Gasteiger partial charge is 0.481 e. The molecule has 0 amide bonds.